The molecule has 33 heavy (non-hydrogen) atoms. The number of carbonyl (C=O) groups excluding carboxylic acids is 1. The van der Waals surface area contributed by atoms with Crippen molar-refractivity contribution in [2.24, 2.45) is 5.73 Å². The van der Waals surface area contributed by atoms with Gasteiger partial charge in [-0.2, -0.15) is 5.26 Å². The summed E-state index contributed by atoms with van der Waals surface area (Å²) in [7, 11) is 0. The highest BCUT2D eigenvalue weighted by molar-refractivity contribution is 14.1. The smallest absolute Gasteiger partial charge is 0.338 e. The van der Waals surface area contributed by atoms with Crippen LogP contribution in [-0.2, 0) is 4.74 Å². The number of hydrogen-bond donors (Lipinski definition) is 1. The van der Waals surface area contributed by atoms with E-state index in [0.717, 1.165) is 12.7 Å². The number of allylic oxidation sites excluding steroid dienone is 1. The van der Waals surface area contributed by atoms with Crippen molar-refractivity contribution in [1.82, 2.24) is 4.57 Å². The van der Waals surface area contributed by atoms with Crippen LogP contribution in [0.1, 0.15) is 34.3 Å². The first-order chi connectivity index (χ1) is 15.9. The van der Waals surface area contributed by atoms with Crippen LogP contribution >= 0.6 is 56.5 Å². The first kappa shape index (κ1) is 23.7. The van der Waals surface area contributed by atoms with Crippen molar-refractivity contribution in [3.05, 3.63) is 93.9 Å². The van der Waals surface area contributed by atoms with Crippen molar-refractivity contribution < 1.29 is 9.53 Å². The largest absolute Gasteiger partial charge is 0.462 e. The molecule has 2 N–H and O–H groups in total. The van der Waals surface area contributed by atoms with Crippen molar-refractivity contribution in [3.8, 4) is 6.07 Å². The highest BCUT2D eigenvalue weighted by atomic mass is 127. The van der Waals surface area contributed by atoms with E-state index in [1.54, 1.807) is 37.3 Å². The minimum Gasteiger partial charge on any atom is -0.462 e. The number of nitrogens with zero attached hydrogens (tertiary/aromatic N) is 2. The topological polar surface area (TPSA) is 98.1 Å². The van der Waals surface area contributed by atoms with E-state index < -0.39 is 5.97 Å². The van der Waals surface area contributed by atoms with Gasteiger partial charge in [0.25, 0.3) is 5.56 Å². The maximum Gasteiger partial charge on any atom is 0.338 e. The summed E-state index contributed by atoms with van der Waals surface area (Å²) in [4.78, 5) is 25.7. The minimum absolute atomic E-state index is 0.136. The van der Waals surface area contributed by atoms with Gasteiger partial charge in [-0.3, -0.25) is 9.36 Å². The molecule has 0 bridgehead atoms. The fraction of sp³-hybridized carbons (Fsp3) is 0.125. The number of aromatic nitrogens is 1. The number of fused-ring (bicyclic) bond motifs is 1. The fourth-order valence-electron chi connectivity index (χ4n) is 3.66. The third-order valence-corrected chi connectivity index (χ3v) is 8.76. The van der Waals surface area contributed by atoms with E-state index in [1.165, 1.54) is 15.9 Å². The molecular formula is C24H17I2N3O3S. The van der Waals surface area contributed by atoms with Gasteiger partial charge in [0.15, 0.2) is 0 Å². The summed E-state index contributed by atoms with van der Waals surface area (Å²) in [6.07, 6.45) is 1.68. The van der Waals surface area contributed by atoms with E-state index in [9.17, 15) is 14.9 Å². The molecule has 6 nitrogen and oxygen atoms in total. The lowest BCUT2D eigenvalue weighted by atomic mass is 9.90. The monoisotopic (exact) mass is 681 g/mol. The fourth-order valence-corrected chi connectivity index (χ4v) is 6.64. The van der Waals surface area contributed by atoms with Gasteiger partial charge in [-0.15, -0.1) is 11.3 Å². The van der Waals surface area contributed by atoms with Gasteiger partial charge < -0.3 is 10.5 Å². The van der Waals surface area contributed by atoms with Crippen molar-refractivity contribution in [3.63, 3.8) is 0 Å². The second-order valence-electron chi connectivity index (χ2n) is 7.08. The van der Waals surface area contributed by atoms with Crippen LogP contribution in [0.15, 0.2) is 58.9 Å². The third kappa shape index (κ3) is 4.27. The Labute approximate surface area is 221 Å². The molecule has 0 aliphatic carbocycles. The molecule has 2 aromatic carbocycles. The molecule has 0 spiro atoms. The first-order valence-electron chi connectivity index (χ1n) is 9.93. The Hall–Kier alpha value is -2.43. The molecule has 9 heteroatoms. The molecule has 2 heterocycles. The van der Waals surface area contributed by atoms with Crippen molar-refractivity contribution in [1.29, 1.82) is 5.26 Å². The van der Waals surface area contributed by atoms with E-state index >= 15 is 0 Å². The number of nitriles is 1. The van der Waals surface area contributed by atoms with Gasteiger partial charge in [-0.05, 0) is 81.4 Å². The lowest BCUT2D eigenvalue weighted by Gasteiger charge is -2.23. The summed E-state index contributed by atoms with van der Waals surface area (Å²) < 4.78 is 9.50. The van der Waals surface area contributed by atoms with E-state index in [1.807, 2.05) is 24.3 Å². The maximum absolute atomic E-state index is 13.3. The first-order valence-corrected chi connectivity index (χ1v) is 12.9. The van der Waals surface area contributed by atoms with E-state index in [-0.39, 0.29) is 23.9 Å². The van der Waals surface area contributed by atoms with E-state index in [0.29, 0.717) is 25.9 Å². The van der Waals surface area contributed by atoms with Gasteiger partial charge in [0.05, 0.1) is 34.3 Å². The number of carbonyl (C=O) groups is 1. The Balaban J connectivity index is 1.99. The Morgan fingerprint density at radius 2 is 1.94 bits per heavy atom. The summed E-state index contributed by atoms with van der Waals surface area (Å²) in [6.45, 7) is 2.00. The second-order valence-corrected chi connectivity index (χ2v) is 10.4. The molecule has 1 aromatic heterocycles. The zero-order chi connectivity index (χ0) is 23.7. The number of thiazole rings is 1. The normalized spacial score (nSPS) is 15.9. The maximum atomic E-state index is 13.3. The van der Waals surface area contributed by atoms with Crippen LogP contribution in [0.2, 0.25) is 0 Å². The van der Waals surface area contributed by atoms with Gasteiger partial charge in [-0.1, -0.05) is 36.4 Å². The molecule has 0 fully saturated rings. The Bertz CT molecular complexity index is 1530. The average Bonchev–Trinajstić information content (AvgIpc) is 3.13. The minimum atomic E-state index is -0.447. The van der Waals surface area contributed by atoms with Crippen LogP contribution in [0.5, 0.6) is 0 Å². The highest BCUT2D eigenvalue weighted by Gasteiger charge is 2.31. The van der Waals surface area contributed by atoms with Gasteiger partial charge in [0.1, 0.15) is 10.5 Å². The number of esters is 1. The lowest BCUT2D eigenvalue weighted by molar-refractivity contribution is 0.0526. The van der Waals surface area contributed by atoms with Crippen molar-refractivity contribution >= 4 is 78.0 Å². The van der Waals surface area contributed by atoms with Crippen LogP contribution in [-0.4, -0.2) is 17.1 Å². The SMILES string of the molecule is CCOC(=O)c1ccccc1/C=c1\sc2n(c1=O)C(N)=C(C#N)C(c1ccccc1I)C=2I. The molecule has 1 atom stereocenters. The van der Waals surface area contributed by atoms with Crippen LogP contribution in [0, 0.1) is 14.9 Å². The number of halogens is 2. The molecule has 0 radical (unpaired) electrons. The number of rotatable bonds is 4. The van der Waals surface area contributed by atoms with Gasteiger partial charge >= 0.3 is 5.97 Å². The standard InChI is InChI=1S/C24H17I2N3O3S/c1-2-32-24(31)14-8-4-3-7-13(14)11-18-22(30)29-21(28)16(12-27)19(20(26)23(29)33-18)15-9-5-6-10-17(15)25/h3-11,19H,2,28H2,1H3/b18-11-. The van der Waals surface area contributed by atoms with Crippen LogP contribution in [0.4, 0.5) is 0 Å². The second kappa shape index (κ2) is 9.82. The van der Waals surface area contributed by atoms with E-state index in [4.69, 9.17) is 10.5 Å². The quantitative estimate of drug-likeness (QED) is 0.336. The zero-order valence-corrected chi connectivity index (χ0v) is 22.5. The average molecular weight is 681 g/mol. The molecule has 0 saturated carbocycles. The van der Waals surface area contributed by atoms with Crippen molar-refractivity contribution in [2.75, 3.05) is 6.61 Å². The van der Waals surface area contributed by atoms with Gasteiger partial charge in [-0.25, -0.2) is 4.79 Å². The number of benzene rings is 2. The molecule has 1 aliphatic rings. The molecule has 1 unspecified atom stereocenters. The number of ether oxygens (including phenoxy) is 1. The molecule has 4 rings (SSSR count). The Morgan fingerprint density at radius 1 is 1.24 bits per heavy atom. The van der Waals surface area contributed by atoms with Crippen LogP contribution in [0.3, 0.4) is 0 Å². The van der Waals surface area contributed by atoms with Crippen LogP contribution < -0.4 is 20.5 Å². The predicted octanol–water partition coefficient (Wildman–Crippen LogP) is 3.51. The van der Waals surface area contributed by atoms with Gasteiger partial charge in [0.2, 0.25) is 0 Å². The van der Waals surface area contributed by atoms with E-state index in [2.05, 4.69) is 51.3 Å². The van der Waals surface area contributed by atoms with Crippen LogP contribution in [0.25, 0.3) is 15.5 Å². The Kier molecular flexibility index (Phi) is 7.06. The Morgan fingerprint density at radius 3 is 2.64 bits per heavy atom. The van der Waals surface area contributed by atoms with Gasteiger partial charge in [0, 0.05) is 7.15 Å². The van der Waals surface area contributed by atoms with Crippen molar-refractivity contribution in [2.45, 2.75) is 12.8 Å². The molecule has 0 saturated heterocycles. The lowest BCUT2D eigenvalue weighted by Crippen LogP contribution is -2.37. The number of hydrogen-bond acceptors (Lipinski definition) is 6. The molecule has 0 amide bonds. The molecular weight excluding hydrogens is 664 g/mol. The number of nitrogens with two attached hydrogens (primary N) is 1. The molecule has 1 aliphatic heterocycles. The third-order valence-electron chi connectivity index (χ3n) is 5.17. The molecule has 3 aromatic rings. The summed E-state index contributed by atoms with van der Waals surface area (Å²) in [5.74, 6) is -0.657. The summed E-state index contributed by atoms with van der Waals surface area (Å²) in [5.41, 5.74) is 8.33. The highest BCUT2D eigenvalue weighted by Crippen LogP contribution is 2.40. The molecule has 166 valence electrons. The summed E-state index contributed by atoms with van der Waals surface area (Å²) in [5, 5.41) is 9.93. The summed E-state index contributed by atoms with van der Waals surface area (Å²) in [6, 6.07) is 17.0. The predicted molar refractivity (Wildman–Crippen MR) is 146 cm³/mol. The summed E-state index contributed by atoms with van der Waals surface area (Å²) >= 11 is 5.74. The zero-order valence-electron chi connectivity index (χ0n) is 17.3.